The summed E-state index contributed by atoms with van der Waals surface area (Å²) in [6.07, 6.45) is 0.322. The lowest BCUT2D eigenvalue weighted by molar-refractivity contribution is -0.137. The van der Waals surface area contributed by atoms with E-state index in [1.165, 1.54) is 6.33 Å². The van der Waals surface area contributed by atoms with Gasteiger partial charge in [0.25, 0.3) is 0 Å². The van der Waals surface area contributed by atoms with Gasteiger partial charge in [0.2, 0.25) is 0 Å². The molecule has 0 saturated heterocycles. The summed E-state index contributed by atoms with van der Waals surface area (Å²) in [5, 5.41) is 2.97. The Kier molecular flexibility index (Phi) is 4.75. The average molecular weight is 395 g/mol. The zero-order valence-electron chi connectivity index (χ0n) is 15.4. The number of hydrogen-bond acceptors (Lipinski definition) is 4. The van der Waals surface area contributed by atoms with Gasteiger partial charge in [-0.25, -0.2) is 9.97 Å². The first-order valence-corrected chi connectivity index (χ1v) is 8.77. The maximum atomic E-state index is 13.4. The lowest BCUT2D eigenvalue weighted by Crippen LogP contribution is -2.07. The van der Waals surface area contributed by atoms with E-state index in [-0.39, 0.29) is 5.69 Å². The van der Waals surface area contributed by atoms with Crippen molar-refractivity contribution in [2.45, 2.75) is 13.1 Å². The van der Waals surface area contributed by atoms with Gasteiger partial charge in [-0.1, -0.05) is 12.1 Å². The maximum Gasteiger partial charge on any atom is 0.416 e. The second kappa shape index (κ2) is 7.38. The average Bonchev–Trinajstić information content (AvgIpc) is 3.14. The molecule has 0 bridgehead atoms. The normalized spacial score (nSPS) is 11.4. The maximum absolute atomic E-state index is 13.4. The van der Waals surface area contributed by atoms with Gasteiger partial charge >= 0.3 is 6.18 Å². The Morgan fingerprint density at radius 2 is 1.76 bits per heavy atom. The Balaban J connectivity index is 1.71. The summed E-state index contributed by atoms with van der Waals surface area (Å²) in [4.78, 5) is 12.8. The quantitative estimate of drug-likeness (QED) is 0.503. The molecule has 0 unspecified atom stereocenters. The van der Waals surface area contributed by atoms with E-state index in [0.717, 1.165) is 12.1 Å². The van der Waals surface area contributed by atoms with Gasteiger partial charge in [0, 0.05) is 23.8 Å². The highest BCUT2D eigenvalue weighted by atomic mass is 19.4. The van der Waals surface area contributed by atoms with Crippen LogP contribution in [0.2, 0.25) is 0 Å². The molecule has 0 amide bonds. The van der Waals surface area contributed by atoms with Crippen LogP contribution in [0.25, 0.3) is 17.1 Å². The van der Waals surface area contributed by atoms with Crippen molar-refractivity contribution in [1.29, 1.82) is 0 Å². The fraction of sp³-hybridized carbons (Fsp3) is 0.0952. The van der Waals surface area contributed by atoms with Crippen molar-refractivity contribution in [3.05, 3.63) is 84.6 Å². The summed E-state index contributed by atoms with van der Waals surface area (Å²) < 4.78 is 41.8. The van der Waals surface area contributed by atoms with Crippen LogP contribution in [-0.2, 0) is 6.18 Å². The van der Waals surface area contributed by atoms with E-state index in [0.29, 0.717) is 28.6 Å². The molecule has 146 valence electrons. The molecule has 0 atom stereocenters. The van der Waals surface area contributed by atoms with Crippen molar-refractivity contribution < 1.29 is 13.2 Å². The second-order valence-corrected chi connectivity index (χ2v) is 6.44. The topological polar surface area (TPSA) is 55.6 Å². The molecule has 8 heteroatoms. The Bertz CT molecular complexity index is 1140. The number of nitrogens with zero attached hydrogens (tertiary/aromatic N) is 4. The highest BCUT2D eigenvalue weighted by Crippen LogP contribution is 2.34. The third kappa shape index (κ3) is 4.26. The minimum Gasteiger partial charge on any atom is -0.340 e. The predicted molar refractivity (Wildman–Crippen MR) is 104 cm³/mol. The SMILES string of the molecule is Cc1cn(-c2cc(Nc3cccc(-c4ccccn4)n3)cc(C(F)(F)F)c2)cn1. The Morgan fingerprint density at radius 1 is 0.931 bits per heavy atom. The molecule has 0 radical (unpaired) electrons. The van der Waals surface area contributed by atoms with Gasteiger partial charge in [-0.05, 0) is 49.4 Å². The molecule has 0 spiro atoms. The van der Waals surface area contributed by atoms with Gasteiger partial charge < -0.3 is 9.88 Å². The number of anilines is 2. The summed E-state index contributed by atoms with van der Waals surface area (Å²) in [6.45, 7) is 1.77. The molecule has 0 saturated carbocycles. The van der Waals surface area contributed by atoms with Crippen LogP contribution < -0.4 is 5.32 Å². The van der Waals surface area contributed by atoms with E-state index < -0.39 is 11.7 Å². The third-order valence-corrected chi connectivity index (χ3v) is 4.20. The van der Waals surface area contributed by atoms with Gasteiger partial charge in [0.1, 0.15) is 5.82 Å². The molecule has 0 aliphatic carbocycles. The van der Waals surface area contributed by atoms with Crippen molar-refractivity contribution >= 4 is 11.5 Å². The van der Waals surface area contributed by atoms with Crippen LogP contribution in [0, 0.1) is 6.92 Å². The Morgan fingerprint density at radius 3 is 2.45 bits per heavy atom. The summed E-state index contributed by atoms with van der Waals surface area (Å²) in [5.41, 5.74) is 1.87. The fourth-order valence-electron chi connectivity index (χ4n) is 2.87. The number of alkyl halides is 3. The highest BCUT2D eigenvalue weighted by molar-refractivity contribution is 5.64. The molecule has 29 heavy (non-hydrogen) atoms. The molecule has 1 aromatic carbocycles. The molecule has 1 N–H and O–H groups in total. The van der Waals surface area contributed by atoms with Crippen LogP contribution >= 0.6 is 0 Å². The van der Waals surface area contributed by atoms with Crippen molar-refractivity contribution in [1.82, 2.24) is 19.5 Å². The van der Waals surface area contributed by atoms with E-state index in [4.69, 9.17) is 0 Å². The largest absolute Gasteiger partial charge is 0.416 e. The minimum absolute atomic E-state index is 0.270. The van der Waals surface area contributed by atoms with E-state index in [1.807, 2.05) is 12.1 Å². The second-order valence-electron chi connectivity index (χ2n) is 6.44. The molecule has 3 heterocycles. The van der Waals surface area contributed by atoms with Gasteiger partial charge in [-0.15, -0.1) is 0 Å². The summed E-state index contributed by atoms with van der Waals surface area (Å²) in [5.74, 6) is 0.417. The third-order valence-electron chi connectivity index (χ3n) is 4.20. The number of aryl methyl sites for hydroxylation is 1. The standard InChI is InChI=1S/C21H16F3N5/c1-14-12-29(13-26-14)17-10-15(21(22,23)24)9-16(11-17)27-20-7-4-6-19(28-20)18-5-2-3-8-25-18/h2-13H,1H3,(H,27,28). The summed E-state index contributed by atoms with van der Waals surface area (Å²) in [6, 6.07) is 14.5. The number of aromatic nitrogens is 4. The van der Waals surface area contributed by atoms with Crippen LogP contribution in [0.1, 0.15) is 11.3 Å². The first kappa shape index (κ1) is 18.7. The monoisotopic (exact) mass is 395 g/mol. The molecule has 0 aliphatic heterocycles. The molecule has 4 rings (SSSR count). The van der Waals surface area contributed by atoms with Gasteiger partial charge in [0.05, 0.1) is 29.0 Å². The predicted octanol–water partition coefficient (Wildman–Crippen LogP) is 5.40. The number of nitrogens with one attached hydrogen (secondary N) is 1. The molecule has 4 aromatic rings. The molecular formula is C21H16F3N5. The molecule has 0 fully saturated rings. The Hall–Kier alpha value is -3.68. The summed E-state index contributed by atoms with van der Waals surface area (Å²) in [7, 11) is 0. The number of pyridine rings is 2. The van der Waals surface area contributed by atoms with Crippen molar-refractivity contribution in [2.24, 2.45) is 0 Å². The smallest absolute Gasteiger partial charge is 0.340 e. The number of hydrogen-bond donors (Lipinski definition) is 1. The first-order valence-electron chi connectivity index (χ1n) is 8.77. The van der Waals surface area contributed by atoms with Crippen molar-refractivity contribution in [3.63, 3.8) is 0 Å². The van der Waals surface area contributed by atoms with E-state index >= 15 is 0 Å². The van der Waals surface area contributed by atoms with E-state index in [1.54, 1.807) is 54.2 Å². The van der Waals surface area contributed by atoms with Gasteiger partial charge in [0.15, 0.2) is 0 Å². The fourth-order valence-corrected chi connectivity index (χ4v) is 2.87. The van der Waals surface area contributed by atoms with Crippen LogP contribution in [0.5, 0.6) is 0 Å². The van der Waals surface area contributed by atoms with Crippen molar-refractivity contribution in [3.8, 4) is 17.1 Å². The first-order chi connectivity index (χ1) is 13.9. The number of imidazole rings is 1. The number of halogens is 3. The lowest BCUT2D eigenvalue weighted by atomic mass is 10.1. The van der Waals surface area contributed by atoms with Crippen LogP contribution in [-0.4, -0.2) is 19.5 Å². The highest BCUT2D eigenvalue weighted by Gasteiger charge is 2.31. The molecular weight excluding hydrogens is 379 g/mol. The van der Waals surface area contributed by atoms with Crippen molar-refractivity contribution in [2.75, 3.05) is 5.32 Å². The van der Waals surface area contributed by atoms with E-state index in [2.05, 4.69) is 20.3 Å². The van der Waals surface area contributed by atoms with E-state index in [9.17, 15) is 13.2 Å². The zero-order chi connectivity index (χ0) is 20.4. The lowest BCUT2D eigenvalue weighted by Gasteiger charge is -2.14. The zero-order valence-corrected chi connectivity index (χ0v) is 15.4. The van der Waals surface area contributed by atoms with Crippen LogP contribution in [0.15, 0.2) is 73.3 Å². The van der Waals surface area contributed by atoms with Gasteiger partial charge in [-0.3, -0.25) is 4.98 Å². The molecule has 5 nitrogen and oxygen atoms in total. The van der Waals surface area contributed by atoms with Gasteiger partial charge in [-0.2, -0.15) is 13.2 Å². The Labute approximate surface area is 164 Å². The number of benzene rings is 1. The minimum atomic E-state index is -4.48. The van der Waals surface area contributed by atoms with Crippen LogP contribution in [0.4, 0.5) is 24.7 Å². The van der Waals surface area contributed by atoms with Crippen LogP contribution in [0.3, 0.4) is 0 Å². The molecule has 0 aliphatic rings. The number of rotatable bonds is 4. The summed E-state index contributed by atoms with van der Waals surface area (Å²) >= 11 is 0. The molecule has 3 aromatic heterocycles.